The molecule has 1 aromatic carbocycles. The number of hydrogen-bond acceptors (Lipinski definition) is 4. The van der Waals surface area contributed by atoms with Crippen molar-refractivity contribution in [3.05, 3.63) is 34.6 Å². The van der Waals surface area contributed by atoms with Crippen molar-refractivity contribution in [2.45, 2.75) is 64.6 Å². The molecule has 4 unspecified atom stereocenters. The van der Waals surface area contributed by atoms with Gasteiger partial charge in [0.2, 0.25) is 0 Å². The molecular weight excluding hydrogens is 345 g/mol. The molecule has 3 N–H and O–H groups in total. The van der Waals surface area contributed by atoms with Crippen molar-refractivity contribution in [2.24, 2.45) is 11.8 Å². The molecule has 1 fully saturated rings. The molecule has 1 amide bonds. The Kier molecular flexibility index (Phi) is 6.50. The topological polar surface area (TPSA) is 64.6 Å². The smallest absolute Gasteiger partial charge is 0.274 e. The van der Waals surface area contributed by atoms with E-state index in [0.717, 1.165) is 30.0 Å². The monoisotopic (exact) mass is 377 g/mol. The van der Waals surface area contributed by atoms with Gasteiger partial charge in [0.05, 0.1) is 0 Å². The molecule has 2 aliphatic rings. The predicted octanol–water partition coefficient (Wildman–Crippen LogP) is 3.11. The zero-order valence-corrected chi connectivity index (χ0v) is 16.6. The lowest BCUT2D eigenvalue weighted by Crippen LogP contribution is -2.45. The maximum atomic E-state index is 14.6. The van der Waals surface area contributed by atoms with Gasteiger partial charge in [-0.25, -0.2) is 9.87 Å². The van der Waals surface area contributed by atoms with Gasteiger partial charge in [-0.15, -0.1) is 0 Å². The van der Waals surface area contributed by atoms with Gasteiger partial charge in [-0.3, -0.25) is 14.9 Å². The van der Waals surface area contributed by atoms with Crippen LogP contribution < -0.4 is 10.8 Å². The Bertz CT molecular complexity index is 682. The minimum atomic E-state index is -0.668. The van der Waals surface area contributed by atoms with Crippen LogP contribution in [-0.2, 0) is 13.0 Å². The third-order valence-corrected chi connectivity index (χ3v) is 6.39. The van der Waals surface area contributed by atoms with E-state index in [4.69, 9.17) is 5.21 Å². The number of halogens is 1. The van der Waals surface area contributed by atoms with Crippen molar-refractivity contribution in [1.29, 1.82) is 0 Å². The fourth-order valence-corrected chi connectivity index (χ4v) is 5.05. The number of carbonyl (C=O) groups is 1. The molecule has 3 rings (SSSR count). The summed E-state index contributed by atoms with van der Waals surface area (Å²) in [6, 6.07) is 3.86. The van der Waals surface area contributed by atoms with Gasteiger partial charge in [0.25, 0.3) is 5.91 Å². The van der Waals surface area contributed by atoms with Crippen molar-refractivity contribution in [1.82, 2.24) is 15.7 Å². The van der Waals surface area contributed by atoms with Gasteiger partial charge >= 0.3 is 0 Å². The quantitative estimate of drug-likeness (QED) is 0.545. The molecule has 0 bridgehead atoms. The van der Waals surface area contributed by atoms with Crippen LogP contribution in [0.4, 0.5) is 4.39 Å². The maximum absolute atomic E-state index is 14.6. The summed E-state index contributed by atoms with van der Waals surface area (Å²) < 4.78 is 14.6. The lowest BCUT2D eigenvalue weighted by Gasteiger charge is -2.41. The molecule has 0 saturated heterocycles. The number of rotatable bonds is 5. The van der Waals surface area contributed by atoms with Gasteiger partial charge in [0.15, 0.2) is 0 Å². The number of hydrogen-bond donors (Lipinski definition) is 3. The van der Waals surface area contributed by atoms with Crippen molar-refractivity contribution in [3.8, 4) is 0 Å². The van der Waals surface area contributed by atoms with Gasteiger partial charge in [-0.1, -0.05) is 13.8 Å². The minimum Gasteiger partial charge on any atom is -0.317 e. The SMILES string of the molecule is CCC1Cc2c(F)cc(C(=O)NO)cc2CN1CC1CC(C)CC(NC)C1. The van der Waals surface area contributed by atoms with E-state index in [1.807, 2.05) is 7.05 Å². The maximum Gasteiger partial charge on any atom is 0.274 e. The summed E-state index contributed by atoms with van der Waals surface area (Å²) in [5, 5.41) is 12.3. The Morgan fingerprint density at radius 2 is 2.11 bits per heavy atom. The van der Waals surface area contributed by atoms with E-state index in [1.54, 1.807) is 11.5 Å². The molecular formula is C21H32FN3O2. The van der Waals surface area contributed by atoms with Crippen LogP contribution in [0.25, 0.3) is 0 Å². The summed E-state index contributed by atoms with van der Waals surface area (Å²) >= 11 is 0. The van der Waals surface area contributed by atoms with Crippen LogP contribution in [0.3, 0.4) is 0 Å². The number of benzene rings is 1. The van der Waals surface area contributed by atoms with Crippen molar-refractivity contribution in [3.63, 3.8) is 0 Å². The van der Waals surface area contributed by atoms with Crippen molar-refractivity contribution in [2.75, 3.05) is 13.6 Å². The predicted molar refractivity (Wildman–Crippen MR) is 103 cm³/mol. The third-order valence-electron chi connectivity index (χ3n) is 6.39. The Hall–Kier alpha value is -1.50. The van der Waals surface area contributed by atoms with Gasteiger partial charge in [0, 0.05) is 30.7 Å². The zero-order chi connectivity index (χ0) is 19.6. The van der Waals surface area contributed by atoms with Crippen LogP contribution in [0.15, 0.2) is 12.1 Å². The number of fused-ring (bicyclic) bond motifs is 1. The molecule has 27 heavy (non-hydrogen) atoms. The van der Waals surface area contributed by atoms with E-state index in [1.165, 1.54) is 25.3 Å². The van der Waals surface area contributed by atoms with Gasteiger partial charge < -0.3 is 5.32 Å². The fourth-order valence-electron chi connectivity index (χ4n) is 5.05. The summed E-state index contributed by atoms with van der Waals surface area (Å²) in [6.07, 6.45) is 5.31. The lowest BCUT2D eigenvalue weighted by atomic mass is 9.78. The molecule has 5 nitrogen and oxygen atoms in total. The van der Waals surface area contributed by atoms with Crippen LogP contribution in [0.1, 0.15) is 61.0 Å². The van der Waals surface area contributed by atoms with Crippen LogP contribution >= 0.6 is 0 Å². The molecule has 1 aliphatic carbocycles. The Morgan fingerprint density at radius 1 is 1.33 bits per heavy atom. The van der Waals surface area contributed by atoms with E-state index in [9.17, 15) is 9.18 Å². The number of carbonyl (C=O) groups excluding carboxylic acids is 1. The average molecular weight is 378 g/mol. The van der Waals surface area contributed by atoms with Gasteiger partial charge in [-0.05, 0) is 74.2 Å². The summed E-state index contributed by atoms with van der Waals surface area (Å²) in [6.45, 7) is 6.16. The first-order chi connectivity index (χ1) is 12.9. The largest absolute Gasteiger partial charge is 0.317 e. The highest BCUT2D eigenvalue weighted by molar-refractivity contribution is 5.93. The van der Waals surface area contributed by atoms with Gasteiger partial charge in [0.1, 0.15) is 5.82 Å². The van der Waals surface area contributed by atoms with Crippen LogP contribution in [0.5, 0.6) is 0 Å². The van der Waals surface area contributed by atoms with Crippen LogP contribution in [0, 0.1) is 17.7 Å². The standard InChI is InChI=1S/C21H32FN3O2/c1-4-18-10-19-16(8-15(9-20(19)22)21(26)24-27)12-25(18)11-14-5-13(2)6-17(7-14)23-3/h8-9,13-14,17-18,23,27H,4-7,10-12H2,1-3H3,(H,24,26). The fraction of sp³-hybridized carbons (Fsp3) is 0.667. The molecule has 4 atom stereocenters. The first kappa shape index (κ1) is 20.2. The second-order valence-electron chi connectivity index (χ2n) is 8.40. The zero-order valence-electron chi connectivity index (χ0n) is 16.6. The second kappa shape index (κ2) is 8.67. The highest BCUT2D eigenvalue weighted by atomic mass is 19.1. The third kappa shape index (κ3) is 4.50. The average Bonchev–Trinajstić information content (AvgIpc) is 2.66. The highest BCUT2D eigenvalue weighted by Crippen LogP contribution is 2.33. The van der Waals surface area contributed by atoms with E-state index < -0.39 is 5.91 Å². The number of amides is 1. The Labute approximate surface area is 161 Å². The van der Waals surface area contributed by atoms with Crippen molar-refractivity contribution < 1.29 is 14.4 Å². The summed E-state index contributed by atoms with van der Waals surface area (Å²) in [5.41, 5.74) is 3.36. The first-order valence-corrected chi connectivity index (χ1v) is 10.1. The summed E-state index contributed by atoms with van der Waals surface area (Å²) in [7, 11) is 2.04. The molecule has 1 aromatic rings. The lowest BCUT2D eigenvalue weighted by molar-refractivity contribution is 0.0704. The molecule has 6 heteroatoms. The Morgan fingerprint density at radius 3 is 2.78 bits per heavy atom. The number of nitrogens with one attached hydrogen (secondary N) is 2. The number of nitrogens with zero attached hydrogens (tertiary/aromatic N) is 1. The van der Waals surface area contributed by atoms with Crippen LogP contribution in [-0.4, -0.2) is 41.7 Å². The Balaban J connectivity index is 1.79. The first-order valence-electron chi connectivity index (χ1n) is 10.1. The van der Waals surface area contributed by atoms with E-state index in [0.29, 0.717) is 31.0 Å². The summed E-state index contributed by atoms with van der Waals surface area (Å²) in [4.78, 5) is 14.2. The van der Waals surface area contributed by atoms with E-state index in [-0.39, 0.29) is 11.4 Å². The molecule has 150 valence electrons. The minimum absolute atomic E-state index is 0.171. The summed E-state index contributed by atoms with van der Waals surface area (Å²) in [5.74, 6) is 0.343. The second-order valence-corrected chi connectivity index (χ2v) is 8.40. The molecule has 0 aromatic heterocycles. The van der Waals surface area contributed by atoms with E-state index in [2.05, 4.69) is 24.1 Å². The normalized spacial score (nSPS) is 28.6. The van der Waals surface area contributed by atoms with Crippen molar-refractivity contribution >= 4 is 5.91 Å². The molecule has 0 spiro atoms. The molecule has 1 saturated carbocycles. The number of hydroxylamine groups is 1. The highest BCUT2D eigenvalue weighted by Gasteiger charge is 2.32. The van der Waals surface area contributed by atoms with Crippen LogP contribution in [0.2, 0.25) is 0 Å². The van der Waals surface area contributed by atoms with Gasteiger partial charge in [-0.2, -0.15) is 0 Å². The molecule has 1 aliphatic heterocycles. The van der Waals surface area contributed by atoms with E-state index >= 15 is 0 Å². The molecule has 1 heterocycles. The molecule has 0 radical (unpaired) electrons.